The van der Waals surface area contributed by atoms with Gasteiger partial charge in [-0.05, 0) is 25.2 Å². The Morgan fingerprint density at radius 2 is 2.27 bits per heavy atom. The lowest BCUT2D eigenvalue weighted by molar-refractivity contribution is 0.448. The van der Waals surface area contributed by atoms with Gasteiger partial charge in [0.25, 0.3) is 10.1 Å². The summed E-state index contributed by atoms with van der Waals surface area (Å²) < 4.78 is 29.8. The average Bonchev–Trinajstić information content (AvgIpc) is 2.42. The molecule has 2 aliphatic rings. The van der Waals surface area contributed by atoms with Gasteiger partial charge in [0.05, 0.1) is 0 Å². The maximum atomic E-state index is 10.9. The van der Waals surface area contributed by atoms with Crippen molar-refractivity contribution in [2.75, 3.05) is 0 Å². The molecule has 11 heavy (non-hydrogen) atoms. The van der Waals surface area contributed by atoms with Gasteiger partial charge < -0.3 is 0 Å². The molecule has 0 radical (unpaired) electrons. The van der Waals surface area contributed by atoms with E-state index >= 15 is 0 Å². The van der Waals surface area contributed by atoms with Crippen LogP contribution in [0.1, 0.15) is 19.3 Å². The largest absolute Gasteiger partial charge is 0.285 e. The van der Waals surface area contributed by atoms with E-state index in [-0.39, 0.29) is 0 Å². The van der Waals surface area contributed by atoms with E-state index < -0.39 is 14.9 Å². The highest BCUT2D eigenvalue weighted by atomic mass is 32.2. The topological polar surface area (TPSA) is 54.4 Å². The zero-order chi connectivity index (χ0) is 8.11. The lowest BCUT2D eigenvalue weighted by Crippen LogP contribution is -2.31. The molecule has 1 saturated carbocycles. The Balaban J connectivity index is 2.46. The van der Waals surface area contributed by atoms with Crippen LogP contribution in [-0.4, -0.2) is 17.7 Å². The molecule has 0 aromatic heterocycles. The first-order valence-corrected chi connectivity index (χ1v) is 5.14. The highest BCUT2D eigenvalue weighted by Crippen LogP contribution is 2.46. The van der Waals surface area contributed by atoms with Crippen LogP contribution in [0.2, 0.25) is 0 Å². The maximum Gasteiger partial charge on any atom is 0.274 e. The van der Waals surface area contributed by atoms with Crippen LogP contribution in [0.5, 0.6) is 0 Å². The van der Waals surface area contributed by atoms with Gasteiger partial charge in [0.15, 0.2) is 0 Å². The molecule has 2 bridgehead atoms. The number of rotatable bonds is 1. The van der Waals surface area contributed by atoms with E-state index in [4.69, 9.17) is 4.55 Å². The van der Waals surface area contributed by atoms with Crippen molar-refractivity contribution in [2.45, 2.75) is 24.0 Å². The lowest BCUT2D eigenvalue weighted by atomic mass is 10.1. The molecule has 3 nitrogen and oxygen atoms in total. The van der Waals surface area contributed by atoms with Crippen LogP contribution >= 0.6 is 0 Å². The standard InChI is InChI=1S/C7H10O3S/c8-11(9,10)7-3-1-6(5-7)2-4-7/h1,3,6H,2,4-5H2,(H,8,9,10). The first-order valence-electron chi connectivity index (χ1n) is 3.70. The van der Waals surface area contributed by atoms with Gasteiger partial charge >= 0.3 is 0 Å². The minimum atomic E-state index is -3.86. The third-order valence-corrected chi connectivity index (χ3v) is 4.27. The van der Waals surface area contributed by atoms with Gasteiger partial charge in [-0.1, -0.05) is 12.2 Å². The van der Waals surface area contributed by atoms with E-state index in [0.29, 0.717) is 18.8 Å². The zero-order valence-electron chi connectivity index (χ0n) is 6.03. The van der Waals surface area contributed by atoms with E-state index in [9.17, 15) is 8.42 Å². The number of hydrogen-bond donors (Lipinski definition) is 1. The summed E-state index contributed by atoms with van der Waals surface area (Å²) in [5.41, 5.74) is 0. The molecule has 1 fully saturated rings. The monoisotopic (exact) mass is 174 g/mol. The first-order chi connectivity index (χ1) is 5.04. The third-order valence-electron chi connectivity index (χ3n) is 2.73. The van der Waals surface area contributed by atoms with Gasteiger partial charge in [0.2, 0.25) is 0 Å². The first kappa shape index (κ1) is 7.31. The molecule has 0 aromatic rings. The Kier molecular flexibility index (Phi) is 1.24. The molecule has 2 rings (SSSR count). The molecule has 0 amide bonds. The quantitative estimate of drug-likeness (QED) is 0.476. The van der Waals surface area contributed by atoms with Crippen LogP contribution in [-0.2, 0) is 10.1 Å². The molecule has 0 saturated heterocycles. The van der Waals surface area contributed by atoms with E-state index in [1.165, 1.54) is 0 Å². The SMILES string of the molecule is O=S(=O)(O)C12C=CC(CC1)C2. The van der Waals surface area contributed by atoms with Crippen molar-refractivity contribution in [3.63, 3.8) is 0 Å². The van der Waals surface area contributed by atoms with Gasteiger partial charge in [0.1, 0.15) is 4.75 Å². The van der Waals surface area contributed by atoms with Gasteiger partial charge in [-0.3, -0.25) is 4.55 Å². The Labute approximate surface area is 65.9 Å². The van der Waals surface area contributed by atoms with Crippen molar-refractivity contribution in [1.29, 1.82) is 0 Å². The molecule has 62 valence electrons. The lowest BCUT2D eigenvalue weighted by Gasteiger charge is -2.18. The van der Waals surface area contributed by atoms with E-state index in [0.717, 1.165) is 6.42 Å². The van der Waals surface area contributed by atoms with Crippen molar-refractivity contribution < 1.29 is 13.0 Å². The minimum Gasteiger partial charge on any atom is -0.285 e. The summed E-state index contributed by atoms with van der Waals surface area (Å²) in [4.78, 5) is 0. The van der Waals surface area contributed by atoms with Crippen molar-refractivity contribution in [1.82, 2.24) is 0 Å². The van der Waals surface area contributed by atoms with Crippen molar-refractivity contribution in [3.05, 3.63) is 12.2 Å². The summed E-state index contributed by atoms with van der Waals surface area (Å²) in [5.74, 6) is 0.386. The predicted molar refractivity (Wildman–Crippen MR) is 40.8 cm³/mol. The number of allylic oxidation sites excluding steroid dienone is 1. The van der Waals surface area contributed by atoms with Crippen LogP contribution in [0.4, 0.5) is 0 Å². The summed E-state index contributed by atoms with van der Waals surface area (Å²) in [5, 5.41) is 0. The summed E-state index contributed by atoms with van der Waals surface area (Å²) in [6.07, 6.45) is 5.63. The fourth-order valence-corrected chi connectivity index (χ4v) is 3.08. The van der Waals surface area contributed by atoms with Crippen LogP contribution in [0.3, 0.4) is 0 Å². The highest BCUT2D eigenvalue weighted by molar-refractivity contribution is 7.87. The third kappa shape index (κ3) is 0.858. The fraction of sp³-hybridized carbons (Fsp3) is 0.714. The smallest absolute Gasteiger partial charge is 0.274 e. The van der Waals surface area contributed by atoms with Gasteiger partial charge in [-0.15, -0.1) is 0 Å². The molecule has 0 spiro atoms. The van der Waals surface area contributed by atoms with Crippen LogP contribution in [0.15, 0.2) is 12.2 Å². The van der Waals surface area contributed by atoms with E-state index in [1.807, 2.05) is 6.08 Å². The fourth-order valence-electron chi connectivity index (χ4n) is 2.03. The second-order valence-electron chi connectivity index (χ2n) is 3.40. The minimum absolute atomic E-state index is 0.386. The number of fused-ring (bicyclic) bond motifs is 2. The summed E-state index contributed by atoms with van der Waals surface area (Å²) in [6.45, 7) is 0. The zero-order valence-corrected chi connectivity index (χ0v) is 6.84. The van der Waals surface area contributed by atoms with Gasteiger partial charge in [-0.25, -0.2) is 0 Å². The summed E-state index contributed by atoms with van der Waals surface area (Å²) in [7, 11) is -3.86. The molecule has 0 heterocycles. The Hall–Kier alpha value is -0.350. The van der Waals surface area contributed by atoms with Crippen LogP contribution in [0.25, 0.3) is 0 Å². The molecule has 2 atom stereocenters. The maximum absolute atomic E-state index is 10.9. The van der Waals surface area contributed by atoms with Crippen LogP contribution in [0, 0.1) is 5.92 Å². The molecule has 4 heteroatoms. The number of hydrogen-bond acceptors (Lipinski definition) is 2. The Bertz CT molecular complexity index is 304. The van der Waals surface area contributed by atoms with Gasteiger partial charge in [0, 0.05) is 0 Å². The van der Waals surface area contributed by atoms with Gasteiger partial charge in [-0.2, -0.15) is 8.42 Å². The molecule has 0 aromatic carbocycles. The Morgan fingerprint density at radius 3 is 2.45 bits per heavy atom. The van der Waals surface area contributed by atoms with Crippen LogP contribution < -0.4 is 0 Å². The average molecular weight is 174 g/mol. The molecule has 1 N–H and O–H groups in total. The summed E-state index contributed by atoms with van der Waals surface area (Å²) in [6, 6.07) is 0. The van der Waals surface area contributed by atoms with Crippen molar-refractivity contribution in [3.8, 4) is 0 Å². The van der Waals surface area contributed by atoms with Crippen molar-refractivity contribution >= 4 is 10.1 Å². The molecule has 0 aliphatic heterocycles. The highest BCUT2D eigenvalue weighted by Gasteiger charge is 2.49. The second-order valence-corrected chi connectivity index (χ2v) is 5.17. The summed E-state index contributed by atoms with van der Waals surface area (Å²) >= 11 is 0. The second kappa shape index (κ2) is 1.87. The predicted octanol–water partition coefficient (Wildman–Crippen LogP) is 0.983. The Morgan fingerprint density at radius 1 is 1.55 bits per heavy atom. The van der Waals surface area contributed by atoms with E-state index in [2.05, 4.69) is 0 Å². The molecular formula is C7H10O3S. The van der Waals surface area contributed by atoms with E-state index in [1.54, 1.807) is 6.08 Å². The van der Waals surface area contributed by atoms with Crippen molar-refractivity contribution in [2.24, 2.45) is 5.92 Å². The molecule has 2 unspecified atom stereocenters. The normalized spacial score (nSPS) is 41.7. The molecular weight excluding hydrogens is 164 g/mol. The molecule has 2 aliphatic carbocycles.